The number of halogens is 1. The fourth-order valence-electron chi connectivity index (χ4n) is 1.33. The first-order chi connectivity index (χ1) is 6.59. The molecule has 2 rings (SSSR count). The second-order valence-electron chi connectivity index (χ2n) is 2.89. The third-order valence-corrected chi connectivity index (χ3v) is 4.58. The Bertz CT molecular complexity index is 524. The van der Waals surface area contributed by atoms with Crippen LogP contribution < -0.4 is 29.6 Å². The van der Waals surface area contributed by atoms with Crippen LogP contribution in [0.2, 0.25) is 5.02 Å². The maximum atomic E-state index is 10.9. The van der Waals surface area contributed by atoms with Gasteiger partial charge >= 0.3 is 29.6 Å². The van der Waals surface area contributed by atoms with E-state index in [1.54, 1.807) is 19.1 Å². The van der Waals surface area contributed by atoms with Gasteiger partial charge in [0.15, 0.2) is 0 Å². The number of thiophene rings is 1. The van der Waals surface area contributed by atoms with E-state index in [0.717, 1.165) is 15.6 Å². The summed E-state index contributed by atoms with van der Waals surface area (Å²) in [5.41, 5.74) is 0.779. The third-order valence-electron chi connectivity index (χ3n) is 2.01. The molecule has 1 unspecified atom stereocenters. The van der Waals surface area contributed by atoms with Crippen LogP contribution in [0.1, 0.15) is 5.56 Å². The van der Waals surface area contributed by atoms with Gasteiger partial charge in [-0.05, 0) is 47.2 Å². The molecule has 0 aliphatic carbocycles. The second kappa shape index (κ2) is 5.27. The number of hydrogen-bond donors (Lipinski definition) is 0. The molecule has 1 heterocycles. The molecule has 0 fully saturated rings. The summed E-state index contributed by atoms with van der Waals surface area (Å²) in [6, 6.07) is 5.39. The molecule has 1 aromatic heterocycles. The Balaban J connectivity index is 0.00000112. The maximum Gasteiger partial charge on any atom is 1.00 e. The average Bonchev–Trinajstić information content (AvgIpc) is 2.44. The topological polar surface area (TPSA) is 40.1 Å². The van der Waals surface area contributed by atoms with Gasteiger partial charge in [-0.15, -0.1) is 11.3 Å². The molecule has 0 spiro atoms. The molecule has 0 aliphatic rings. The van der Waals surface area contributed by atoms with Crippen molar-refractivity contribution < 1.29 is 38.3 Å². The number of rotatable bonds is 1. The Morgan fingerprint density at radius 3 is 2.73 bits per heavy atom. The summed E-state index contributed by atoms with van der Waals surface area (Å²) >= 11 is 4.95. The van der Waals surface area contributed by atoms with Crippen molar-refractivity contribution in [2.24, 2.45) is 0 Å². The van der Waals surface area contributed by atoms with Crippen molar-refractivity contribution in [3.05, 3.63) is 28.8 Å². The zero-order valence-corrected chi connectivity index (χ0v) is 12.6. The molecule has 0 radical (unpaired) electrons. The molecule has 6 heteroatoms. The van der Waals surface area contributed by atoms with Crippen molar-refractivity contribution in [1.82, 2.24) is 0 Å². The molecule has 2 aromatic rings. The summed E-state index contributed by atoms with van der Waals surface area (Å²) < 4.78 is 23.0. The van der Waals surface area contributed by atoms with Crippen LogP contribution in [-0.4, -0.2) is 8.76 Å². The Labute approximate surface area is 121 Å². The molecule has 0 saturated carbocycles. The minimum absolute atomic E-state index is 0. The zero-order chi connectivity index (χ0) is 10.3. The number of hydrogen-bond acceptors (Lipinski definition) is 3. The molecule has 1 atom stereocenters. The molecule has 15 heavy (non-hydrogen) atoms. The minimum atomic E-state index is -2.15. The summed E-state index contributed by atoms with van der Waals surface area (Å²) in [7, 11) is 0. The van der Waals surface area contributed by atoms with Gasteiger partial charge < -0.3 is 4.55 Å². The van der Waals surface area contributed by atoms with E-state index in [1.807, 2.05) is 6.07 Å². The van der Waals surface area contributed by atoms with E-state index < -0.39 is 11.1 Å². The normalized spacial score (nSPS) is 12.5. The fraction of sp³-hybridized carbons (Fsp3) is 0.111. The number of aryl methyl sites for hydroxylation is 1. The molecular formula is C9H6ClNaO2S2. The molecule has 74 valence electrons. The Kier molecular flexibility index (Phi) is 4.80. The molecule has 0 N–H and O–H groups in total. The fourth-order valence-corrected chi connectivity index (χ4v) is 3.32. The molecule has 2 nitrogen and oxygen atoms in total. The quantitative estimate of drug-likeness (QED) is 0.544. The Morgan fingerprint density at radius 2 is 2.13 bits per heavy atom. The standard InChI is InChI=1S/C9H7ClO2S2.Na/c1-5-7-4-6(10)2-3-8(7)13-9(5)14(11)12;/h2-4H,1H3,(H,11,12);/q;+1/p-1. The molecular weight excluding hydrogens is 263 g/mol. The van der Waals surface area contributed by atoms with Crippen LogP contribution in [0.3, 0.4) is 0 Å². The van der Waals surface area contributed by atoms with Crippen LogP contribution in [0.5, 0.6) is 0 Å². The first-order valence-electron chi connectivity index (χ1n) is 3.87. The van der Waals surface area contributed by atoms with Crippen LogP contribution in [0.15, 0.2) is 22.4 Å². The maximum absolute atomic E-state index is 10.9. The predicted octanol–water partition coefficient (Wildman–Crippen LogP) is 0.105. The van der Waals surface area contributed by atoms with Crippen molar-refractivity contribution in [3.8, 4) is 0 Å². The smallest absolute Gasteiger partial charge is 0.768 e. The summed E-state index contributed by atoms with van der Waals surface area (Å²) in [5.74, 6) is 0. The van der Waals surface area contributed by atoms with Crippen LogP contribution in [0.4, 0.5) is 0 Å². The summed E-state index contributed by atoms with van der Waals surface area (Å²) in [6.45, 7) is 1.79. The van der Waals surface area contributed by atoms with E-state index in [0.29, 0.717) is 9.23 Å². The van der Waals surface area contributed by atoms with Crippen molar-refractivity contribution in [1.29, 1.82) is 0 Å². The monoisotopic (exact) mass is 268 g/mol. The first-order valence-corrected chi connectivity index (χ1v) is 6.14. The Morgan fingerprint density at radius 1 is 1.47 bits per heavy atom. The Hall–Kier alpha value is 0.580. The van der Waals surface area contributed by atoms with Gasteiger partial charge in [-0.1, -0.05) is 11.6 Å². The van der Waals surface area contributed by atoms with E-state index in [4.69, 9.17) is 11.6 Å². The van der Waals surface area contributed by atoms with E-state index in [9.17, 15) is 8.76 Å². The van der Waals surface area contributed by atoms with Gasteiger partial charge in [0.25, 0.3) is 0 Å². The molecule has 0 saturated heterocycles. The zero-order valence-electron chi connectivity index (χ0n) is 8.24. The van der Waals surface area contributed by atoms with Crippen LogP contribution in [0.25, 0.3) is 10.1 Å². The van der Waals surface area contributed by atoms with E-state index in [-0.39, 0.29) is 29.6 Å². The molecule has 0 bridgehead atoms. The summed E-state index contributed by atoms with van der Waals surface area (Å²) in [4.78, 5) is 0. The third kappa shape index (κ3) is 2.64. The van der Waals surface area contributed by atoms with E-state index in [2.05, 4.69) is 0 Å². The van der Waals surface area contributed by atoms with Crippen LogP contribution in [-0.2, 0) is 11.1 Å². The second-order valence-corrected chi connectivity index (χ2v) is 5.51. The largest absolute Gasteiger partial charge is 1.00 e. The van der Waals surface area contributed by atoms with E-state index in [1.165, 1.54) is 11.3 Å². The average molecular weight is 269 g/mol. The predicted molar refractivity (Wildman–Crippen MR) is 58.8 cm³/mol. The van der Waals surface area contributed by atoms with Gasteiger partial charge in [-0.3, -0.25) is 4.21 Å². The van der Waals surface area contributed by atoms with Crippen molar-refractivity contribution in [2.45, 2.75) is 11.1 Å². The van der Waals surface area contributed by atoms with Crippen molar-refractivity contribution in [2.75, 3.05) is 0 Å². The molecule has 0 amide bonds. The number of benzene rings is 1. The molecule has 0 aliphatic heterocycles. The number of fused-ring (bicyclic) bond motifs is 1. The first kappa shape index (κ1) is 13.6. The molecule has 1 aromatic carbocycles. The van der Waals surface area contributed by atoms with Crippen LogP contribution in [0, 0.1) is 6.92 Å². The summed E-state index contributed by atoms with van der Waals surface area (Å²) in [6.07, 6.45) is 0. The summed E-state index contributed by atoms with van der Waals surface area (Å²) in [5, 5.41) is 1.54. The van der Waals surface area contributed by atoms with Gasteiger partial charge in [0.2, 0.25) is 0 Å². The van der Waals surface area contributed by atoms with E-state index >= 15 is 0 Å². The van der Waals surface area contributed by atoms with Crippen molar-refractivity contribution in [3.63, 3.8) is 0 Å². The van der Waals surface area contributed by atoms with Gasteiger partial charge in [-0.25, -0.2) is 0 Å². The van der Waals surface area contributed by atoms with Gasteiger partial charge in [0.05, 0.1) is 4.21 Å². The van der Waals surface area contributed by atoms with Gasteiger partial charge in [0, 0.05) is 9.72 Å². The SMILES string of the molecule is Cc1c(S(=O)[O-])sc2ccc(Cl)cc12.[Na+]. The van der Waals surface area contributed by atoms with Gasteiger partial charge in [-0.2, -0.15) is 0 Å². The van der Waals surface area contributed by atoms with Gasteiger partial charge in [0.1, 0.15) is 0 Å². The van der Waals surface area contributed by atoms with Crippen LogP contribution >= 0.6 is 22.9 Å². The minimum Gasteiger partial charge on any atom is -0.768 e. The van der Waals surface area contributed by atoms with Crippen molar-refractivity contribution >= 4 is 44.1 Å².